The Morgan fingerprint density at radius 3 is 2.60 bits per heavy atom. The first-order chi connectivity index (χ1) is 9.30. The van der Waals surface area contributed by atoms with Crippen LogP contribution in [-0.2, 0) is 23.6 Å². The van der Waals surface area contributed by atoms with Crippen molar-refractivity contribution in [1.29, 1.82) is 0 Å². The fourth-order valence-electron chi connectivity index (χ4n) is 1.86. The zero-order valence-electron chi connectivity index (χ0n) is 11.5. The molecular weight excluding hydrogens is 281 g/mol. The van der Waals surface area contributed by atoms with Gasteiger partial charge >= 0.3 is 0 Å². The molecule has 0 radical (unpaired) electrons. The van der Waals surface area contributed by atoms with Crippen molar-refractivity contribution in [2.45, 2.75) is 18.4 Å². The fourth-order valence-corrected chi connectivity index (χ4v) is 3.11. The van der Waals surface area contributed by atoms with Gasteiger partial charge in [0, 0.05) is 26.5 Å². The molecule has 7 heteroatoms. The molecule has 0 atom stereocenters. The van der Waals surface area contributed by atoms with Crippen LogP contribution in [0.2, 0.25) is 0 Å². The number of aromatic nitrogens is 2. The Balaban J connectivity index is 2.32. The Morgan fingerprint density at radius 2 is 2.05 bits per heavy atom. The van der Waals surface area contributed by atoms with Crippen LogP contribution in [0.5, 0.6) is 0 Å². The van der Waals surface area contributed by atoms with Crippen molar-refractivity contribution in [2.75, 3.05) is 7.05 Å². The molecule has 1 aromatic heterocycles. The van der Waals surface area contributed by atoms with Gasteiger partial charge in [-0.2, -0.15) is 4.31 Å². The van der Waals surface area contributed by atoms with E-state index in [0.717, 1.165) is 10.4 Å². The molecule has 108 valence electrons. The van der Waals surface area contributed by atoms with Gasteiger partial charge in [-0.25, -0.2) is 17.8 Å². The van der Waals surface area contributed by atoms with Crippen LogP contribution in [0.1, 0.15) is 11.4 Å². The molecule has 0 N–H and O–H groups in total. The minimum Gasteiger partial charge on any atom is -0.337 e. The normalized spacial score (nSPS) is 12.1. The van der Waals surface area contributed by atoms with Gasteiger partial charge in [0.2, 0.25) is 10.0 Å². The summed E-state index contributed by atoms with van der Waals surface area (Å²) in [6, 6.07) is 3.77. The Morgan fingerprint density at radius 1 is 1.35 bits per heavy atom. The van der Waals surface area contributed by atoms with Crippen molar-refractivity contribution in [2.24, 2.45) is 7.05 Å². The number of hydrogen-bond donors (Lipinski definition) is 0. The summed E-state index contributed by atoms with van der Waals surface area (Å²) < 4.78 is 41.1. The number of aryl methyl sites for hydroxylation is 2. The highest BCUT2D eigenvalue weighted by Gasteiger charge is 2.23. The Labute approximate surface area is 117 Å². The maximum atomic E-state index is 13.4. The number of rotatable bonds is 4. The van der Waals surface area contributed by atoms with Crippen LogP contribution >= 0.6 is 0 Å². The fraction of sp³-hybridized carbons (Fsp3) is 0.308. The predicted molar refractivity (Wildman–Crippen MR) is 73.0 cm³/mol. The molecule has 20 heavy (non-hydrogen) atoms. The first-order valence-corrected chi connectivity index (χ1v) is 7.44. The molecule has 0 fully saturated rings. The molecule has 2 aromatic rings. The monoisotopic (exact) mass is 297 g/mol. The summed E-state index contributed by atoms with van der Waals surface area (Å²) in [5.41, 5.74) is 0.564. The molecule has 1 aromatic carbocycles. The molecule has 0 unspecified atom stereocenters. The summed E-state index contributed by atoms with van der Waals surface area (Å²) in [7, 11) is -0.501. The Hall–Kier alpha value is -1.73. The van der Waals surface area contributed by atoms with Gasteiger partial charge < -0.3 is 4.57 Å². The van der Waals surface area contributed by atoms with Gasteiger partial charge in [0.15, 0.2) is 0 Å². The molecule has 0 aliphatic rings. The van der Waals surface area contributed by atoms with Gasteiger partial charge in [-0.05, 0) is 30.7 Å². The van der Waals surface area contributed by atoms with Crippen LogP contribution in [0.4, 0.5) is 4.39 Å². The van der Waals surface area contributed by atoms with Crippen molar-refractivity contribution < 1.29 is 12.8 Å². The summed E-state index contributed by atoms with van der Waals surface area (Å²) >= 11 is 0. The van der Waals surface area contributed by atoms with Crippen molar-refractivity contribution in [3.05, 3.63) is 47.8 Å². The molecule has 1 heterocycles. The number of sulfonamides is 1. The number of halogens is 1. The van der Waals surface area contributed by atoms with E-state index in [1.54, 1.807) is 30.9 Å². The third-order valence-corrected chi connectivity index (χ3v) is 4.79. The van der Waals surface area contributed by atoms with E-state index in [2.05, 4.69) is 4.98 Å². The van der Waals surface area contributed by atoms with Crippen LogP contribution in [0.15, 0.2) is 35.5 Å². The minimum absolute atomic E-state index is 0.0493. The van der Waals surface area contributed by atoms with Gasteiger partial charge in [-0.3, -0.25) is 0 Å². The third-order valence-electron chi connectivity index (χ3n) is 3.01. The van der Waals surface area contributed by atoms with E-state index in [9.17, 15) is 12.8 Å². The second-order valence-electron chi connectivity index (χ2n) is 4.68. The predicted octanol–water partition coefficient (Wildman–Crippen LogP) is 1.69. The van der Waals surface area contributed by atoms with Crippen LogP contribution in [0.3, 0.4) is 0 Å². The Kier molecular flexibility index (Phi) is 3.92. The topological polar surface area (TPSA) is 55.2 Å². The summed E-state index contributed by atoms with van der Waals surface area (Å²) in [4.78, 5) is 4.03. The van der Waals surface area contributed by atoms with Crippen molar-refractivity contribution in [1.82, 2.24) is 13.9 Å². The van der Waals surface area contributed by atoms with E-state index in [1.165, 1.54) is 19.2 Å². The van der Waals surface area contributed by atoms with Gasteiger partial charge in [0.1, 0.15) is 11.6 Å². The molecule has 0 spiro atoms. The third kappa shape index (κ3) is 2.88. The minimum atomic E-state index is -3.74. The largest absolute Gasteiger partial charge is 0.337 e. The van der Waals surface area contributed by atoms with Gasteiger partial charge in [0.25, 0.3) is 0 Å². The maximum Gasteiger partial charge on any atom is 0.243 e. The van der Waals surface area contributed by atoms with Crippen LogP contribution in [-0.4, -0.2) is 29.3 Å². The van der Waals surface area contributed by atoms with Crippen molar-refractivity contribution >= 4 is 10.0 Å². The summed E-state index contributed by atoms with van der Waals surface area (Å²) in [6.45, 7) is 1.78. The smallest absolute Gasteiger partial charge is 0.243 e. The molecule has 5 nitrogen and oxygen atoms in total. The Bertz CT molecular complexity index is 705. The van der Waals surface area contributed by atoms with Crippen LogP contribution in [0, 0.1) is 12.7 Å². The van der Waals surface area contributed by atoms with E-state index in [-0.39, 0.29) is 11.4 Å². The zero-order chi connectivity index (χ0) is 14.9. The number of imidazole rings is 1. The molecule has 0 aliphatic carbocycles. The van der Waals surface area contributed by atoms with Crippen LogP contribution in [0.25, 0.3) is 0 Å². The molecular formula is C13H16FN3O2S. The average molecular weight is 297 g/mol. The van der Waals surface area contributed by atoms with E-state index in [1.807, 2.05) is 0 Å². The quantitative estimate of drug-likeness (QED) is 0.863. The molecule has 0 aliphatic heterocycles. The van der Waals surface area contributed by atoms with Gasteiger partial charge in [-0.15, -0.1) is 0 Å². The molecule has 0 saturated heterocycles. The second kappa shape index (κ2) is 5.34. The maximum absolute atomic E-state index is 13.4. The lowest BCUT2D eigenvalue weighted by Crippen LogP contribution is -2.27. The van der Waals surface area contributed by atoms with E-state index in [4.69, 9.17) is 0 Å². The average Bonchev–Trinajstić information content (AvgIpc) is 2.73. The summed E-state index contributed by atoms with van der Waals surface area (Å²) in [6.07, 6.45) is 3.34. The lowest BCUT2D eigenvalue weighted by molar-refractivity contribution is 0.450. The van der Waals surface area contributed by atoms with Crippen molar-refractivity contribution in [3.8, 4) is 0 Å². The first kappa shape index (κ1) is 14.7. The molecule has 2 rings (SSSR count). The highest BCUT2D eigenvalue weighted by molar-refractivity contribution is 7.89. The standard InChI is InChI=1S/C13H16FN3O2S/c1-10-6-11(14)8-12(7-10)20(18,19)17(3)9-13-15-4-5-16(13)2/h4-8H,9H2,1-3H3. The number of benzene rings is 1. The highest BCUT2D eigenvalue weighted by Crippen LogP contribution is 2.19. The molecule has 0 saturated carbocycles. The highest BCUT2D eigenvalue weighted by atomic mass is 32.2. The SMILES string of the molecule is Cc1cc(F)cc(S(=O)(=O)N(C)Cc2nccn2C)c1. The first-order valence-electron chi connectivity index (χ1n) is 6.00. The lowest BCUT2D eigenvalue weighted by Gasteiger charge is -2.17. The molecule has 0 bridgehead atoms. The van der Waals surface area contributed by atoms with Gasteiger partial charge in [0.05, 0.1) is 11.4 Å². The second-order valence-corrected chi connectivity index (χ2v) is 6.72. The van der Waals surface area contributed by atoms with E-state index < -0.39 is 15.8 Å². The van der Waals surface area contributed by atoms with E-state index in [0.29, 0.717) is 11.4 Å². The lowest BCUT2D eigenvalue weighted by atomic mass is 10.2. The molecule has 0 amide bonds. The van der Waals surface area contributed by atoms with Gasteiger partial charge in [-0.1, -0.05) is 0 Å². The number of hydrogen-bond acceptors (Lipinski definition) is 3. The summed E-state index contributed by atoms with van der Waals surface area (Å²) in [5.74, 6) is 0.0539. The van der Waals surface area contributed by atoms with Crippen molar-refractivity contribution in [3.63, 3.8) is 0 Å². The zero-order valence-corrected chi connectivity index (χ0v) is 12.4. The summed E-state index contributed by atoms with van der Waals surface area (Å²) in [5, 5.41) is 0. The van der Waals surface area contributed by atoms with E-state index >= 15 is 0 Å². The number of nitrogens with zero attached hydrogens (tertiary/aromatic N) is 3. The van der Waals surface area contributed by atoms with Crippen LogP contribution < -0.4 is 0 Å².